The molecule has 1 aliphatic rings. The Hall–Kier alpha value is -3.64. The lowest BCUT2D eigenvalue weighted by atomic mass is 10.1. The van der Waals surface area contributed by atoms with Gasteiger partial charge in [0.1, 0.15) is 12.3 Å². The monoisotopic (exact) mass is 416 g/mol. The molecular formula is C25H24N2O4. The van der Waals surface area contributed by atoms with Crippen molar-refractivity contribution in [2.75, 3.05) is 18.1 Å². The molecule has 0 spiro atoms. The highest BCUT2D eigenvalue weighted by molar-refractivity contribution is 6.02. The van der Waals surface area contributed by atoms with Crippen molar-refractivity contribution in [3.05, 3.63) is 95.6 Å². The van der Waals surface area contributed by atoms with Gasteiger partial charge in [-0.1, -0.05) is 66.7 Å². The Bertz CT molecular complexity index is 1030. The highest BCUT2D eigenvalue weighted by atomic mass is 16.5. The smallest absolute Gasteiger partial charge is 0.265 e. The Morgan fingerprint density at radius 3 is 2.29 bits per heavy atom. The Morgan fingerprint density at radius 2 is 1.52 bits per heavy atom. The van der Waals surface area contributed by atoms with Crippen molar-refractivity contribution in [1.29, 1.82) is 0 Å². The zero-order valence-corrected chi connectivity index (χ0v) is 17.1. The van der Waals surface area contributed by atoms with E-state index in [9.17, 15) is 9.59 Å². The van der Waals surface area contributed by atoms with Crippen LogP contribution in [0, 0.1) is 0 Å². The summed E-state index contributed by atoms with van der Waals surface area (Å²) in [6.45, 7) is 1.40. The number of ether oxygens (including phenoxy) is 2. The van der Waals surface area contributed by atoms with E-state index in [4.69, 9.17) is 9.47 Å². The Morgan fingerprint density at radius 1 is 0.871 bits per heavy atom. The van der Waals surface area contributed by atoms with Crippen molar-refractivity contribution in [1.82, 2.24) is 5.32 Å². The van der Waals surface area contributed by atoms with E-state index >= 15 is 0 Å². The molecule has 1 N–H and O–H groups in total. The second-order valence-corrected chi connectivity index (χ2v) is 7.31. The molecule has 0 aromatic heterocycles. The number of benzene rings is 3. The Kier molecular flexibility index (Phi) is 6.59. The molecule has 0 unspecified atom stereocenters. The van der Waals surface area contributed by atoms with Crippen LogP contribution < -0.4 is 15.0 Å². The quantitative estimate of drug-likeness (QED) is 0.611. The largest absolute Gasteiger partial charge is 0.482 e. The van der Waals surface area contributed by atoms with Gasteiger partial charge in [0.2, 0.25) is 5.91 Å². The molecule has 31 heavy (non-hydrogen) atoms. The van der Waals surface area contributed by atoms with Gasteiger partial charge < -0.3 is 14.8 Å². The normalized spacial score (nSPS) is 12.8. The van der Waals surface area contributed by atoms with E-state index in [0.717, 1.165) is 16.7 Å². The van der Waals surface area contributed by atoms with Gasteiger partial charge in [-0.3, -0.25) is 14.5 Å². The summed E-state index contributed by atoms with van der Waals surface area (Å²) in [6.07, 6.45) is 0. The second-order valence-electron chi connectivity index (χ2n) is 7.31. The van der Waals surface area contributed by atoms with Crippen molar-refractivity contribution in [2.24, 2.45) is 0 Å². The predicted octanol–water partition coefficient (Wildman–Crippen LogP) is 3.45. The summed E-state index contributed by atoms with van der Waals surface area (Å²) in [7, 11) is 0. The fraction of sp³-hybridized carbons (Fsp3) is 0.200. The number of nitrogens with zero attached hydrogens (tertiary/aromatic N) is 1. The van der Waals surface area contributed by atoms with Crippen LogP contribution in [-0.4, -0.2) is 25.0 Å². The lowest BCUT2D eigenvalue weighted by Crippen LogP contribution is -2.45. The summed E-state index contributed by atoms with van der Waals surface area (Å²) >= 11 is 0. The SMILES string of the molecule is O=C(CN1C(=O)COc2ccccc21)NCc1ccc(COCc2ccccc2)cc1. The molecule has 0 saturated heterocycles. The van der Waals surface area contributed by atoms with Gasteiger partial charge in [-0.25, -0.2) is 0 Å². The lowest BCUT2D eigenvalue weighted by Gasteiger charge is -2.28. The average molecular weight is 416 g/mol. The van der Waals surface area contributed by atoms with E-state index in [-0.39, 0.29) is 25.0 Å². The number of nitrogens with one attached hydrogen (secondary N) is 1. The van der Waals surface area contributed by atoms with E-state index in [2.05, 4.69) is 5.32 Å². The summed E-state index contributed by atoms with van der Waals surface area (Å²) in [5.74, 6) is 0.161. The molecule has 0 saturated carbocycles. The van der Waals surface area contributed by atoms with Gasteiger partial charge in [-0.05, 0) is 28.8 Å². The summed E-state index contributed by atoms with van der Waals surface area (Å²) in [4.78, 5) is 26.1. The Balaban J connectivity index is 1.25. The van der Waals surface area contributed by atoms with Crippen LogP contribution in [0.25, 0.3) is 0 Å². The van der Waals surface area contributed by atoms with Crippen LogP contribution in [0.15, 0.2) is 78.9 Å². The van der Waals surface area contributed by atoms with Crippen LogP contribution in [0.3, 0.4) is 0 Å². The number of carbonyl (C=O) groups is 2. The van der Waals surface area contributed by atoms with E-state index < -0.39 is 0 Å². The predicted molar refractivity (Wildman–Crippen MR) is 118 cm³/mol. The van der Waals surface area contributed by atoms with Gasteiger partial charge >= 0.3 is 0 Å². The summed E-state index contributed by atoms with van der Waals surface area (Å²) in [5.41, 5.74) is 3.81. The third-order valence-electron chi connectivity index (χ3n) is 5.00. The third kappa shape index (κ3) is 5.49. The van der Waals surface area contributed by atoms with E-state index in [0.29, 0.717) is 31.2 Å². The van der Waals surface area contributed by atoms with Gasteiger partial charge in [0.25, 0.3) is 5.91 Å². The fourth-order valence-electron chi connectivity index (χ4n) is 3.34. The molecule has 3 aromatic rings. The molecule has 0 bridgehead atoms. The molecule has 3 aromatic carbocycles. The minimum atomic E-state index is -0.228. The van der Waals surface area contributed by atoms with Gasteiger partial charge in [-0.15, -0.1) is 0 Å². The number of amides is 2. The molecule has 0 radical (unpaired) electrons. The Labute approximate surface area is 181 Å². The number of carbonyl (C=O) groups excluding carboxylic acids is 2. The molecule has 2 amide bonds. The number of hydrogen-bond donors (Lipinski definition) is 1. The standard InChI is InChI=1S/C25H24N2O4/c28-24(15-27-22-8-4-5-9-23(22)31-18-25(27)29)26-14-19-10-12-21(13-11-19)17-30-16-20-6-2-1-3-7-20/h1-13H,14-18H2,(H,26,28). The average Bonchev–Trinajstić information content (AvgIpc) is 2.81. The molecule has 0 atom stereocenters. The first kappa shape index (κ1) is 20.6. The van der Waals surface area contributed by atoms with E-state index in [1.165, 1.54) is 4.90 Å². The van der Waals surface area contributed by atoms with Crippen molar-refractivity contribution in [3.63, 3.8) is 0 Å². The van der Waals surface area contributed by atoms with Crippen LogP contribution >= 0.6 is 0 Å². The van der Waals surface area contributed by atoms with Crippen molar-refractivity contribution in [2.45, 2.75) is 19.8 Å². The molecule has 0 aliphatic carbocycles. The maximum atomic E-state index is 12.4. The third-order valence-corrected chi connectivity index (χ3v) is 5.00. The van der Waals surface area contributed by atoms with Crippen molar-refractivity contribution in [3.8, 4) is 5.75 Å². The lowest BCUT2D eigenvalue weighted by molar-refractivity contribution is -0.125. The van der Waals surface area contributed by atoms with E-state index in [1.807, 2.05) is 66.7 Å². The van der Waals surface area contributed by atoms with Gasteiger partial charge in [0.15, 0.2) is 6.61 Å². The first-order chi connectivity index (χ1) is 15.2. The molecule has 1 aliphatic heterocycles. The number of hydrogen-bond acceptors (Lipinski definition) is 4. The van der Waals surface area contributed by atoms with E-state index in [1.54, 1.807) is 12.1 Å². The molecule has 6 heteroatoms. The molecule has 6 nitrogen and oxygen atoms in total. The first-order valence-corrected chi connectivity index (χ1v) is 10.2. The highest BCUT2D eigenvalue weighted by Gasteiger charge is 2.26. The molecule has 1 heterocycles. The first-order valence-electron chi connectivity index (χ1n) is 10.2. The molecular weight excluding hydrogens is 392 g/mol. The second kappa shape index (κ2) is 9.91. The molecule has 0 fully saturated rings. The summed E-state index contributed by atoms with van der Waals surface area (Å²) in [5, 5.41) is 2.88. The minimum absolute atomic E-state index is 0.0371. The zero-order chi connectivity index (χ0) is 21.5. The van der Waals surface area contributed by atoms with Crippen LogP contribution in [-0.2, 0) is 34.1 Å². The van der Waals surface area contributed by atoms with Crippen LogP contribution in [0.1, 0.15) is 16.7 Å². The van der Waals surface area contributed by atoms with Gasteiger partial charge in [0.05, 0.1) is 18.9 Å². The maximum absolute atomic E-state index is 12.4. The van der Waals surface area contributed by atoms with Crippen LogP contribution in [0.4, 0.5) is 5.69 Å². The van der Waals surface area contributed by atoms with Crippen LogP contribution in [0.5, 0.6) is 5.75 Å². The van der Waals surface area contributed by atoms with Crippen molar-refractivity contribution >= 4 is 17.5 Å². The highest BCUT2D eigenvalue weighted by Crippen LogP contribution is 2.31. The molecule has 158 valence electrons. The molecule has 4 rings (SSSR count). The fourth-order valence-corrected chi connectivity index (χ4v) is 3.34. The number of anilines is 1. The number of rotatable bonds is 8. The summed E-state index contributed by atoms with van der Waals surface area (Å²) in [6, 6.07) is 25.2. The van der Waals surface area contributed by atoms with Crippen LogP contribution in [0.2, 0.25) is 0 Å². The minimum Gasteiger partial charge on any atom is -0.482 e. The number of para-hydroxylation sites is 2. The topological polar surface area (TPSA) is 67.9 Å². The summed E-state index contributed by atoms with van der Waals surface area (Å²) < 4.78 is 11.2. The zero-order valence-electron chi connectivity index (χ0n) is 17.1. The van der Waals surface area contributed by atoms with Crippen molar-refractivity contribution < 1.29 is 19.1 Å². The van der Waals surface area contributed by atoms with Gasteiger partial charge in [0, 0.05) is 6.54 Å². The number of fused-ring (bicyclic) bond motifs is 1. The maximum Gasteiger partial charge on any atom is 0.265 e. The van der Waals surface area contributed by atoms with Gasteiger partial charge in [-0.2, -0.15) is 0 Å².